The van der Waals surface area contributed by atoms with Gasteiger partial charge in [0.15, 0.2) is 0 Å². The van der Waals surface area contributed by atoms with Crippen molar-refractivity contribution in [3.8, 4) is 39.5 Å². The third kappa shape index (κ3) is 20.3. The number of hydrogen-bond donors (Lipinski definition) is 4. The molecular formula is C78H84BrN11O5. The van der Waals surface area contributed by atoms with Gasteiger partial charge in [-0.1, -0.05) is 127 Å². The van der Waals surface area contributed by atoms with Gasteiger partial charge >= 0.3 is 0 Å². The number of rotatable bonds is 16. The largest absolute Gasteiger partial charge is 0.481 e. The Hall–Kier alpha value is -9.96. The van der Waals surface area contributed by atoms with Crippen LogP contribution in [0.1, 0.15) is 80.0 Å². The minimum absolute atomic E-state index is 0.404. The summed E-state index contributed by atoms with van der Waals surface area (Å²) in [6.45, 7) is 12.5. The number of nitrogens with zero attached hydrogens (tertiary/aromatic N) is 8. The first-order chi connectivity index (χ1) is 46.4. The summed E-state index contributed by atoms with van der Waals surface area (Å²) in [5, 5.41) is 18.3. The Morgan fingerprint density at radius 2 is 0.832 bits per heavy atom. The topological polar surface area (TPSA) is 198 Å². The second kappa shape index (κ2) is 34.8. The fourth-order valence-electron chi connectivity index (χ4n) is 12.6. The molecule has 17 heteroatoms. The van der Waals surface area contributed by atoms with Gasteiger partial charge in [0.1, 0.15) is 45.3 Å². The Balaban J connectivity index is 0.000000148. The SMILES string of the molecule is CC(=O)O.Cc1nc2ccccc2n1C1CCN(Cc2cccc(Oc3ccccc3)c2)CC1.N#CBr.Nc1ccccc1NC1CCN(Cc2cccc(Oc3ccccc3)c2)CC1.Nc1nc2ccccc2n1C1CCN(Cc2cccc(Oc3ccccc3)c2)CC1. The fraction of sp³-hybridized carbons (Fsp3) is 0.256. The molecule has 0 aliphatic carbocycles. The van der Waals surface area contributed by atoms with E-state index in [-0.39, 0.29) is 0 Å². The molecule has 16 nitrogen and oxygen atoms in total. The lowest BCUT2D eigenvalue weighted by Gasteiger charge is -2.33. The molecule has 95 heavy (non-hydrogen) atoms. The first kappa shape index (κ1) is 67.9. The van der Waals surface area contributed by atoms with Gasteiger partial charge in [-0.25, -0.2) is 9.97 Å². The Bertz CT molecular complexity index is 4010. The molecule has 0 unspecified atom stereocenters. The lowest BCUT2D eigenvalue weighted by Crippen LogP contribution is -2.38. The van der Waals surface area contributed by atoms with E-state index in [4.69, 9.17) is 45.8 Å². The zero-order valence-electron chi connectivity index (χ0n) is 54.0. The maximum absolute atomic E-state index is 9.00. The predicted molar refractivity (Wildman–Crippen MR) is 385 cm³/mol. The first-order valence-electron chi connectivity index (χ1n) is 32.5. The second-order valence-corrected chi connectivity index (χ2v) is 24.3. The van der Waals surface area contributed by atoms with Gasteiger partial charge in [-0.3, -0.25) is 19.5 Å². The van der Waals surface area contributed by atoms with Crippen molar-refractivity contribution in [3.05, 3.63) is 259 Å². The fourth-order valence-corrected chi connectivity index (χ4v) is 12.6. The molecule has 3 fully saturated rings. The number of nitrogen functional groups attached to an aromatic ring is 2. The van der Waals surface area contributed by atoms with Crippen LogP contribution in [0.5, 0.6) is 34.5 Å². The van der Waals surface area contributed by atoms with Crippen LogP contribution in [0.25, 0.3) is 22.1 Å². The molecule has 0 radical (unpaired) electrons. The molecule has 0 spiro atoms. The van der Waals surface area contributed by atoms with Crippen molar-refractivity contribution in [2.45, 2.75) is 90.1 Å². The summed E-state index contributed by atoms with van der Waals surface area (Å²) in [4.78, 5) is 27.4. The number of hydrogen-bond acceptors (Lipinski definition) is 13. The molecule has 11 aromatic rings. The average molecular weight is 1340 g/mol. The molecule has 0 bridgehead atoms. The summed E-state index contributed by atoms with van der Waals surface area (Å²) in [6.07, 6.45) is 6.70. The Morgan fingerprint density at radius 3 is 1.25 bits per heavy atom. The van der Waals surface area contributed by atoms with Crippen LogP contribution >= 0.6 is 15.9 Å². The van der Waals surface area contributed by atoms with E-state index in [1.54, 1.807) is 4.98 Å². The van der Waals surface area contributed by atoms with E-state index in [1.165, 1.54) is 22.2 Å². The van der Waals surface area contributed by atoms with E-state index in [0.29, 0.717) is 24.1 Å². The standard InChI is InChI=1S/C26H27N3O.C25H26N4O.C24H27N3O.C2H4O2.CBrN/c1-20-27-25-12-5-6-13-26(25)29(20)22-14-16-28(17-15-22)19-21-8-7-11-24(18-21)30-23-9-3-2-4-10-23;26-25-27-23-11-4-5-12-24(23)29(25)20-13-15-28(16-14-20)18-19-7-6-10-22(17-19)30-21-8-2-1-3-9-21;25-23-11-4-5-12-24(23)26-20-13-15-27(16-14-20)18-19-7-6-10-22(17-19)28-21-8-2-1-3-9-21;1-2(3)4;2-1-3/h2-13,18,22H,14-17,19H2,1H3;1-12,17,20H,13-16,18H2,(H2,26,27);1-12,17,20,26H,13-16,18,25H2;1H3,(H,3,4);. The Morgan fingerprint density at radius 1 is 0.495 bits per heavy atom. The molecule has 488 valence electrons. The number of nitrogens with two attached hydrogens (primary N) is 2. The number of aromatic nitrogens is 4. The van der Waals surface area contributed by atoms with Crippen molar-refractivity contribution in [2.75, 3.05) is 56.1 Å². The minimum Gasteiger partial charge on any atom is -0.481 e. The number of likely N-dealkylation sites (tertiary alicyclic amines) is 3. The predicted octanol–water partition coefficient (Wildman–Crippen LogP) is 17.3. The molecule has 3 aliphatic heterocycles. The lowest BCUT2D eigenvalue weighted by atomic mass is 10.0. The van der Waals surface area contributed by atoms with Gasteiger partial charge < -0.3 is 45.2 Å². The number of para-hydroxylation sites is 9. The van der Waals surface area contributed by atoms with Crippen LogP contribution < -0.4 is 31.0 Å². The number of aryl methyl sites for hydroxylation is 1. The quantitative estimate of drug-likeness (QED) is 0.0666. The summed E-state index contributed by atoms with van der Waals surface area (Å²) in [7, 11) is 0. The normalized spacial score (nSPS) is 14.6. The maximum Gasteiger partial charge on any atom is 0.300 e. The highest BCUT2D eigenvalue weighted by atomic mass is 79.9. The average Bonchev–Trinajstić information content (AvgIpc) is 1.66. The number of ether oxygens (including phenoxy) is 3. The van der Waals surface area contributed by atoms with Gasteiger partial charge in [-0.15, -0.1) is 0 Å². The smallest absolute Gasteiger partial charge is 0.300 e. The molecule has 5 heterocycles. The molecule has 0 amide bonds. The molecule has 2 aromatic heterocycles. The number of anilines is 3. The van der Waals surface area contributed by atoms with E-state index in [2.05, 4.69) is 154 Å². The third-order valence-electron chi connectivity index (χ3n) is 17.0. The molecule has 3 aliphatic rings. The number of imidazole rings is 2. The molecule has 0 atom stereocenters. The highest BCUT2D eigenvalue weighted by Crippen LogP contribution is 2.34. The zero-order chi connectivity index (χ0) is 66.1. The molecule has 14 rings (SSSR count). The van der Waals surface area contributed by atoms with Gasteiger partial charge in [0.25, 0.3) is 5.97 Å². The summed E-state index contributed by atoms with van der Waals surface area (Å²) in [5.74, 6) is 6.19. The number of piperidine rings is 3. The van der Waals surface area contributed by atoms with E-state index in [1.807, 2.05) is 140 Å². The highest BCUT2D eigenvalue weighted by Gasteiger charge is 2.26. The van der Waals surface area contributed by atoms with Gasteiger partial charge in [0.05, 0.1) is 33.4 Å². The first-order valence-corrected chi connectivity index (χ1v) is 33.3. The maximum atomic E-state index is 9.00. The van der Waals surface area contributed by atoms with Gasteiger partial charge in [0, 0.05) is 99.9 Å². The molecule has 3 saturated heterocycles. The number of fused-ring (bicyclic) bond motifs is 2. The lowest BCUT2D eigenvalue weighted by molar-refractivity contribution is -0.134. The number of carbonyl (C=O) groups is 1. The monoisotopic (exact) mass is 1330 g/mol. The van der Waals surface area contributed by atoms with E-state index in [0.717, 1.165) is 173 Å². The van der Waals surface area contributed by atoms with Crippen molar-refractivity contribution in [1.29, 1.82) is 5.26 Å². The van der Waals surface area contributed by atoms with E-state index in [9.17, 15) is 0 Å². The van der Waals surface area contributed by atoms with Crippen LogP contribution in [-0.4, -0.2) is 90.2 Å². The van der Waals surface area contributed by atoms with Gasteiger partial charge in [0.2, 0.25) is 5.95 Å². The molecule has 0 saturated carbocycles. The van der Waals surface area contributed by atoms with E-state index >= 15 is 0 Å². The van der Waals surface area contributed by atoms with E-state index < -0.39 is 5.97 Å². The molecule has 6 N–H and O–H groups in total. The second-order valence-electron chi connectivity index (χ2n) is 23.9. The number of halogens is 1. The summed E-state index contributed by atoms with van der Waals surface area (Å²) >= 11 is 2.45. The Labute approximate surface area is 566 Å². The number of nitriles is 1. The minimum atomic E-state index is -0.833. The highest BCUT2D eigenvalue weighted by molar-refractivity contribution is 9.12. The summed E-state index contributed by atoms with van der Waals surface area (Å²) in [6, 6.07) is 81.1. The summed E-state index contributed by atoms with van der Waals surface area (Å²) in [5.41, 5.74) is 22.5. The number of aliphatic carboxylic acids is 1. The molecule has 9 aromatic carbocycles. The number of benzene rings is 9. The van der Waals surface area contributed by atoms with Crippen molar-refractivity contribution in [1.82, 2.24) is 33.8 Å². The van der Waals surface area contributed by atoms with Crippen molar-refractivity contribution < 1.29 is 24.1 Å². The zero-order valence-corrected chi connectivity index (χ0v) is 55.6. The van der Waals surface area contributed by atoms with Crippen LogP contribution in [-0.2, 0) is 24.4 Å². The van der Waals surface area contributed by atoms with Crippen molar-refractivity contribution in [2.24, 2.45) is 0 Å². The Kier molecular flexibility index (Phi) is 24.9. The van der Waals surface area contributed by atoms with Gasteiger partial charge in [-0.2, -0.15) is 5.26 Å². The number of nitrogens with one attached hydrogen (secondary N) is 1. The molecular weight excluding hydrogens is 1250 g/mol. The van der Waals surface area contributed by atoms with Gasteiger partial charge in [-0.05, 0) is 171 Å². The third-order valence-corrected chi connectivity index (χ3v) is 17.0. The van der Waals surface area contributed by atoms with Crippen molar-refractivity contribution >= 4 is 61.3 Å². The van der Waals surface area contributed by atoms with Crippen LogP contribution in [0.4, 0.5) is 17.3 Å². The van der Waals surface area contributed by atoms with Crippen LogP contribution in [0.3, 0.4) is 0 Å². The number of carboxylic acid groups (broad SMARTS) is 1. The summed E-state index contributed by atoms with van der Waals surface area (Å²) < 4.78 is 22.6. The van der Waals surface area contributed by atoms with Crippen LogP contribution in [0.15, 0.2) is 237 Å². The number of carboxylic acids is 1. The van der Waals surface area contributed by atoms with Crippen LogP contribution in [0.2, 0.25) is 0 Å². The van der Waals surface area contributed by atoms with Crippen molar-refractivity contribution in [3.63, 3.8) is 0 Å². The van der Waals surface area contributed by atoms with Crippen LogP contribution in [0, 0.1) is 17.2 Å².